The summed E-state index contributed by atoms with van der Waals surface area (Å²) in [6.07, 6.45) is 1.62. The number of thioether (sulfide) groups is 1. The molecule has 0 N–H and O–H groups in total. The van der Waals surface area contributed by atoms with E-state index < -0.39 is 0 Å². The fourth-order valence-electron chi connectivity index (χ4n) is 3.21. The number of likely N-dealkylation sites (N-methyl/N-ethyl adjacent to an activating group) is 1. The normalized spacial score (nSPS) is 15.4. The summed E-state index contributed by atoms with van der Waals surface area (Å²) in [6, 6.07) is 17.6. The predicted molar refractivity (Wildman–Crippen MR) is 123 cm³/mol. The molecule has 152 valence electrons. The zero-order chi connectivity index (χ0) is 21.3. The second-order valence-electron chi connectivity index (χ2n) is 6.71. The number of ether oxygens (including phenoxy) is 1. The monoisotopic (exact) mass is 457 g/mol. The Balaban J connectivity index is 1.53. The van der Waals surface area contributed by atoms with Crippen LogP contribution < -0.4 is 4.74 Å². The predicted octanol–water partition coefficient (Wildman–Crippen LogP) is 6.78. The third-order valence-corrected chi connectivity index (χ3v) is 6.17. The number of rotatable bonds is 5. The van der Waals surface area contributed by atoms with Crippen LogP contribution in [-0.4, -0.2) is 22.6 Å². The van der Waals surface area contributed by atoms with Gasteiger partial charge < -0.3 is 4.74 Å². The van der Waals surface area contributed by atoms with Gasteiger partial charge in [-0.25, -0.2) is 0 Å². The smallest absolute Gasteiger partial charge is 0.293 e. The minimum absolute atomic E-state index is 0.277. The maximum absolute atomic E-state index is 12.3. The maximum Gasteiger partial charge on any atom is 0.293 e. The number of amides is 2. The second-order valence-corrected chi connectivity index (χ2v) is 8.52. The summed E-state index contributed by atoms with van der Waals surface area (Å²) in [5, 5.41) is 2.69. The lowest BCUT2D eigenvalue weighted by Crippen LogP contribution is -2.27. The van der Waals surface area contributed by atoms with Gasteiger partial charge in [0.05, 0.1) is 15.0 Å². The summed E-state index contributed by atoms with van der Waals surface area (Å²) >= 11 is 13.7. The molecule has 0 atom stereocenters. The first-order valence-corrected chi connectivity index (χ1v) is 10.9. The van der Waals surface area contributed by atoms with E-state index in [1.165, 1.54) is 4.90 Å². The number of nitrogens with zero attached hydrogens (tertiary/aromatic N) is 1. The molecule has 3 aromatic rings. The molecule has 0 aliphatic carbocycles. The molecular weight excluding hydrogens is 441 g/mol. The first kappa shape index (κ1) is 20.8. The summed E-state index contributed by atoms with van der Waals surface area (Å²) in [6.45, 7) is 2.42. The summed E-state index contributed by atoms with van der Waals surface area (Å²) in [5.74, 6) is 0.0710. The molecule has 4 nitrogen and oxygen atoms in total. The van der Waals surface area contributed by atoms with E-state index in [9.17, 15) is 9.59 Å². The van der Waals surface area contributed by atoms with Gasteiger partial charge in [0.1, 0.15) is 6.61 Å². The average Bonchev–Trinajstić information content (AvgIpc) is 2.99. The van der Waals surface area contributed by atoms with Crippen LogP contribution in [0.25, 0.3) is 16.8 Å². The van der Waals surface area contributed by atoms with Crippen LogP contribution in [0.15, 0.2) is 59.5 Å². The first-order valence-electron chi connectivity index (χ1n) is 9.31. The van der Waals surface area contributed by atoms with Crippen LogP contribution in [0.4, 0.5) is 4.79 Å². The van der Waals surface area contributed by atoms with Gasteiger partial charge in [-0.3, -0.25) is 14.5 Å². The molecule has 1 heterocycles. The molecule has 0 aromatic heterocycles. The number of carbonyl (C=O) groups excluding carboxylic acids is 2. The molecule has 0 radical (unpaired) electrons. The Labute approximate surface area is 188 Å². The van der Waals surface area contributed by atoms with Crippen molar-refractivity contribution in [2.75, 3.05) is 6.54 Å². The fourth-order valence-corrected chi connectivity index (χ4v) is 4.72. The van der Waals surface area contributed by atoms with Crippen LogP contribution in [0.5, 0.6) is 5.75 Å². The average molecular weight is 458 g/mol. The molecule has 2 amide bonds. The maximum atomic E-state index is 12.3. The first-order chi connectivity index (χ1) is 14.5. The van der Waals surface area contributed by atoms with E-state index in [4.69, 9.17) is 27.9 Å². The summed E-state index contributed by atoms with van der Waals surface area (Å²) in [5.41, 5.74) is 1.63. The van der Waals surface area contributed by atoms with E-state index in [1.807, 2.05) is 30.3 Å². The molecule has 0 unspecified atom stereocenters. The van der Waals surface area contributed by atoms with Gasteiger partial charge in [0.15, 0.2) is 5.75 Å². The Morgan fingerprint density at radius 2 is 1.70 bits per heavy atom. The Morgan fingerprint density at radius 3 is 2.37 bits per heavy atom. The highest BCUT2D eigenvalue weighted by molar-refractivity contribution is 8.18. The van der Waals surface area contributed by atoms with Crippen molar-refractivity contribution >= 4 is 63.0 Å². The Hall–Kier alpha value is -2.47. The number of halogens is 2. The molecule has 0 saturated carbocycles. The number of hydrogen-bond acceptors (Lipinski definition) is 4. The van der Waals surface area contributed by atoms with E-state index in [0.717, 1.165) is 28.1 Å². The zero-order valence-electron chi connectivity index (χ0n) is 16.0. The summed E-state index contributed by atoms with van der Waals surface area (Å²) in [4.78, 5) is 25.7. The lowest BCUT2D eigenvalue weighted by atomic mass is 10.1. The molecule has 1 aliphatic rings. The molecule has 1 saturated heterocycles. The molecule has 0 spiro atoms. The van der Waals surface area contributed by atoms with Crippen molar-refractivity contribution in [3.8, 4) is 5.75 Å². The van der Waals surface area contributed by atoms with Gasteiger partial charge in [-0.15, -0.1) is 0 Å². The second kappa shape index (κ2) is 8.72. The van der Waals surface area contributed by atoms with E-state index in [0.29, 0.717) is 39.4 Å². The van der Waals surface area contributed by atoms with E-state index >= 15 is 0 Å². The number of hydrogen-bond donors (Lipinski definition) is 0. The van der Waals surface area contributed by atoms with Crippen molar-refractivity contribution in [3.05, 3.63) is 80.7 Å². The topological polar surface area (TPSA) is 46.6 Å². The highest BCUT2D eigenvalue weighted by Crippen LogP contribution is 2.37. The van der Waals surface area contributed by atoms with Gasteiger partial charge in [0, 0.05) is 6.54 Å². The summed E-state index contributed by atoms with van der Waals surface area (Å²) in [7, 11) is 0. The minimum Gasteiger partial charge on any atom is -0.486 e. The number of imide groups is 1. The molecule has 30 heavy (non-hydrogen) atoms. The summed E-state index contributed by atoms with van der Waals surface area (Å²) < 4.78 is 5.88. The lowest BCUT2D eigenvalue weighted by Gasteiger charge is -2.12. The van der Waals surface area contributed by atoms with Crippen LogP contribution in [0.3, 0.4) is 0 Å². The Bertz CT molecular complexity index is 1170. The third-order valence-electron chi connectivity index (χ3n) is 4.71. The van der Waals surface area contributed by atoms with E-state index in [1.54, 1.807) is 25.1 Å². The lowest BCUT2D eigenvalue weighted by molar-refractivity contribution is -0.122. The van der Waals surface area contributed by atoms with Gasteiger partial charge in [-0.05, 0) is 64.9 Å². The number of benzene rings is 3. The van der Waals surface area contributed by atoms with Crippen molar-refractivity contribution in [2.24, 2.45) is 0 Å². The largest absolute Gasteiger partial charge is 0.486 e. The molecule has 0 bridgehead atoms. The van der Waals surface area contributed by atoms with Crippen molar-refractivity contribution in [2.45, 2.75) is 13.5 Å². The van der Waals surface area contributed by atoms with Crippen molar-refractivity contribution in [3.63, 3.8) is 0 Å². The molecule has 1 aliphatic heterocycles. The SMILES string of the molecule is CCN1C(=O)S/C(=C/c2cc(Cl)c(OCc3ccc4ccccc4c3)c(Cl)c2)C1=O. The highest BCUT2D eigenvalue weighted by atomic mass is 35.5. The quantitative estimate of drug-likeness (QED) is 0.396. The number of fused-ring (bicyclic) bond motifs is 1. The van der Waals surface area contributed by atoms with Gasteiger partial charge in [-0.2, -0.15) is 0 Å². The van der Waals surface area contributed by atoms with Crippen LogP contribution >= 0.6 is 35.0 Å². The van der Waals surface area contributed by atoms with Crippen molar-refractivity contribution < 1.29 is 14.3 Å². The Kier molecular flexibility index (Phi) is 6.04. The van der Waals surface area contributed by atoms with E-state index in [-0.39, 0.29) is 11.1 Å². The Morgan fingerprint density at radius 1 is 1.00 bits per heavy atom. The molecule has 1 fully saturated rings. The van der Waals surface area contributed by atoms with Gasteiger partial charge in [-0.1, -0.05) is 59.6 Å². The highest BCUT2D eigenvalue weighted by Gasteiger charge is 2.33. The molecular formula is C23H17Cl2NO3S. The molecule has 3 aromatic carbocycles. The van der Waals surface area contributed by atoms with Crippen molar-refractivity contribution in [1.82, 2.24) is 4.90 Å². The number of carbonyl (C=O) groups is 2. The van der Waals surface area contributed by atoms with Gasteiger partial charge >= 0.3 is 0 Å². The standard InChI is InChI=1S/C23H17Cl2NO3S/c1-2-26-22(27)20(30-23(26)28)12-15-10-18(24)21(19(25)11-15)29-13-14-7-8-16-5-3-4-6-17(16)9-14/h3-12H,2,13H2,1H3/b20-12+. The molecule has 7 heteroatoms. The molecule has 4 rings (SSSR count). The van der Waals surface area contributed by atoms with E-state index in [2.05, 4.69) is 12.1 Å². The fraction of sp³-hybridized carbons (Fsp3) is 0.130. The third kappa shape index (κ3) is 4.19. The van der Waals surface area contributed by atoms with Crippen LogP contribution in [0.1, 0.15) is 18.1 Å². The minimum atomic E-state index is -0.309. The van der Waals surface area contributed by atoms with Crippen molar-refractivity contribution in [1.29, 1.82) is 0 Å². The van der Waals surface area contributed by atoms with Crippen LogP contribution in [-0.2, 0) is 11.4 Å². The van der Waals surface area contributed by atoms with Gasteiger partial charge in [0.25, 0.3) is 11.1 Å². The van der Waals surface area contributed by atoms with Crippen LogP contribution in [0.2, 0.25) is 10.0 Å². The zero-order valence-corrected chi connectivity index (χ0v) is 18.4. The van der Waals surface area contributed by atoms with Gasteiger partial charge in [0.2, 0.25) is 0 Å². The van der Waals surface area contributed by atoms with Crippen LogP contribution in [0, 0.1) is 0 Å².